The summed E-state index contributed by atoms with van der Waals surface area (Å²) in [7, 11) is 0. The van der Waals surface area contributed by atoms with Gasteiger partial charge in [0, 0.05) is 37.1 Å². The maximum atomic E-state index is 12.5. The molecule has 2 aliphatic rings. The van der Waals surface area contributed by atoms with E-state index in [1.807, 2.05) is 29.2 Å². The van der Waals surface area contributed by atoms with Gasteiger partial charge in [0.25, 0.3) is 0 Å². The first kappa shape index (κ1) is 18.0. The van der Waals surface area contributed by atoms with Gasteiger partial charge in [0.1, 0.15) is 5.01 Å². The lowest BCUT2D eigenvalue weighted by molar-refractivity contribution is -0.127. The largest absolute Gasteiger partial charge is 0.454 e. The van der Waals surface area contributed by atoms with Crippen molar-refractivity contribution in [1.82, 2.24) is 14.8 Å². The molecule has 0 atom stereocenters. The van der Waals surface area contributed by atoms with Crippen molar-refractivity contribution in [3.05, 3.63) is 45.4 Å². The van der Waals surface area contributed by atoms with Crippen LogP contribution in [0.15, 0.2) is 24.3 Å². The minimum atomic E-state index is 0.0493. The average molecular weight is 385 g/mol. The van der Waals surface area contributed by atoms with Crippen LogP contribution in [0.3, 0.4) is 0 Å². The van der Waals surface area contributed by atoms with Crippen molar-refractivity contribution in [2.45, 2.75) is 20.4 Å². The molecule has 0 unspecified atom stereocenters. The van der Waals surface area contributed by atoms with E-state index in [0.29, 0.717) is 0 Å². The number of carbonyl (C=O) groups is 1. The van der Waals surface area contributed by atoms with E-state index in [1.54, 1.807) is 17.4 Å². The molecule has 1 aromatic heterocycles. The van der Waals surface area contributed by atoms with Crippen molar-refractivity contribution in [2.75, 3.05) is 33.0 Å². The van der Waals surface area contributed by atoms with Crippen LogP contribution in [0.1, 0.15) is 21.1 Å². The van der Waals surface area contributed by atoms with E-state index in [9.17, 15) is 4.79 Å². The number of aromatic nitrogens is 1. The number of fused-ring (bicyclic) bond motifs is 1. The van der Waals surface area contributed by atoms with Gasteiger partial charge in [-0.25, -0.2) is 4.98 Å². The first-order chi connectivity index (χ1) is 13.1. The van der Waals surface area contributed by atoms with Gasteiger partial charge in [0.15, 0.2) is 11.5 Å². The normalized spacial score (nSPS) is 17.0. The van der Waals surface area contributed by atoms with E-state index >= 15 is 0 Å². The fourth-order valence-electron chi connectivity index (χ4n) is 3.21. The molecule has 2 aliphatic heterocycles. The Bertz CT molecular complexity index is 850. The van der Waals surface area contributed by atoms with E-state index in [-0.39, 0.29) is 12.7 Å². The van der Waals surface area contributed by atoms with Gasteiger partial charge in [-0.05, 0) is 37.6 Å². The smallest absolute Gasteiger partial charge is 0.246 e. The monoisotopic (exact) mass is 385 g/mol. The highest BCUT2D eigenvalue weighted by Crippen LogP contribution is 2.32. The Kier molecular flexibility index (Phi) is 5.13. The van der Waals surface area contributed by atoms with Crippen LogP contribution in [0.5, 0.6) is 11.5 Å². The second-order valence-electron chi connectivity index (χ2n) is 6.80. The maximum absolute atomic E-state index is 12.5. The van der Waals surface area contributed by atoms with E-state index in [2.05, 4.69) is 23.7 Å². The summed E-state index contributed by atoms with van der Waals surface area (Å²) in [5, 5.41) is 1.16. The fourth-order valence-corrected chi connectivity index (χ4v) is 4.19. The Hall–Kier alpha value is -2.38. The highest BCUT2D eigenvalue weighted by Gasteiger charge is 2.21. The number of ether oxygens (including phenoxy) is 2. The zero-order valence-corrected chi connectivity index (χ0v) is 16.4. The van der Waals surface area contributed by atoms with Crippen LogP contribution >= 0.6 is 11.3 Å². The topological polar surface area (TPSA) is 54.9 Å². The number of amides is 1. The second kappa shape index (κ2) is 7.70. The first-order valence-electron chi connectivity index (χ1n) is 9.10. The van der Waals surface area contributed by atoms with Crippen LogP contribution in [0.2, 0.25) is 0 Å². The molecule has 0 radical (unpaired) electrons. The summed E-state index contributed by atoms with van der Waals surface area (Å²) in [6, 6.07) is 5.68. The number of rotatable bonds is 4. The van der Waals surface area contributed by atoms with Crippen LogP contribution in [0.4, 0.5) is 0 Å². The molecule has 2 aromatic rings. The Morgan fingerprint density at radius 2 is 1.96 bits per heavy atom. The Labute approximate surface area is 163 Å². The molecule has 1 aromatic carbocycles. The van der Waals surface area contributed by atoms with Crippen molar-refractivity contribution < 1.29 is 14.3 Å². The lowest BCUT2D eigenvalue weighted by atomic mass is 10.2. The van der Waals surface area contributed by atoms with Gasteiger partial charge in [-0.3, -0.25) is 9.69 Å². The van der Waals surface area contributed by atoms with Crippen molar-refractivity contribution in [1.29, 1.82) is 0 Å². The van der Waals surface area contributed by atoms with Crippen molar-refractivity contribution in [3.8, 4) is 11.5 Å². The Morgan fingerprint density at radius 3 is 2.70 bits per heavy atom. The minimum absolute atomic E-state index is 0.0493. The molecule has 0 spiro atoms. The Balaban J connectivity index is 1.29. The standard InChI is InChI=1S/C20H23N3O3S/c1-14-15(2)27-19(21-14)12-22-7-9-23(10-8-22)20(24)6-4-16-3-5-17-18(11-16)26-13-25-17/h3-6,11H,7-10,12-13H2,1-2H3/b6-4+. The number of aryl methyl sites for hydroxylation is 2. The molecule has 6 nitrogen and oxygen atoms in total. The molecule has 0 N–H and O–H groups in total. The summed E-state index contributed by atoms with van der Waals surface area (Å²) in [6.45, 7) is 8.53. The van der Waals surface area contributed by atoms with E-state index < -0.39 is 0 Å². The molecule has 27 heavy (non-hydrogen) atoms. The number of thiazole rings is 1. The molecule has 142 valence electrons. The van der Waals surface area contributed by atoms with Crippen LogP contribution in [0.25, 0.3) is 6.08 Å². The molecule has 4 rings (SSSR count). The summed E-state index contributed by atoms with van der Waals surface area (Å²) in [5.74, 6) is 1.53. The number of piperazine rings is 1. The van der Waals surface area contributed by atoms with E-state index in [0.717, 1.165) is 60.5 Å². The van der Waals surface area contributed by atoms with E-state index in [1.165, 1.54) is 4.88 Å². The minimum Gasteiger partial charge on any atom is -0.454 e. The second-order valence-corrected chi connectivity index (χ2v) is 8.08. The molecule has 1 saturated heterocycles. The first-order valence-corrected chi connectivity index (χ1v) is 9.92. The molecule has 3 heterocycles. The van der Waals surface area contributed by atoms with E-state index in [4.69, 9.17) is 9.47 Å². The van der Waals surface area contributed by atoms with Gasteiger partial charge in [-0.1, -0.05) is 6.07 Å². The Morgan fingerprint density at radius 1 is 1.19 bits per heavy atom. The van der Waals surface area contributed by atoms with Crippen molar-refractivity contribution >= 4 is 23.3 Å². The summed E-state index contributed by atoms with van der Waals surface area (Å²) < 4.78 is 10.7. The van der Waals surface area contributed by atoms with Crippen LogP contribution in [-0.4, -0.2) is 53.7 Å². The lowest BCUT2D eigenvalue weighted by Gasteiger charge is -2.33. The molecule has 0 aliphatic carbocycles. The summed E-state index contributed by atoms with van der Waals surface area (Å²) in [5.41, 5.74) is 2.05. The summed E-state index contributed by atoms with van der Waals surface area (Å²) in [6.07, 6.45) is 3.47. The molecular formula is C20H23N3O3S. The van der Waals surface area contributed by atoms with Gasteiger partial charge in [-0.15, -0.1) is 11.3 Å². The van der Waals surface area contributed by atoms with Crippen LogP contribution in [-0.2, 0) is 11.3 Å². The predicted octanol–water partition coefficient (Wildman–Crippen LogP) is 2.85. The summed E-state index contributed by atoms with van der Waals surface area (Å²) in [4.78, 5) is 22.6. The van der Waals surface area contributed by atoms with Crippen LogP contribution < -0.4 is 9.47 Å². The highest BCUT2D eigenvalue weighted by molar-refractivity contribution is 7.11. The fraction of sp³-hybridized carbons (Fsp3) is 0.400. The van der Waals surface area contributed by atoms with Gasteiger partial charge in [0.2, 0.25) is 12.7 Å². The average Bonchev–Trinajstić information content (AvgIpc) is 3.26. The maximum Gasteiger partial charge on any atom is 0.246 e. The SMILES string of the molecule is Cc1nc(CN2CCN(C(=O)/C=C/c3ccc4c(c3)OCO4)CC2)sc1C. The third-order valence-electron chi connectivity index (χ3n) is 4.93. The zero-order valence-electron chi connectivity index (χ0n) is 15.6. The van der Waals surface area contributed by atoms with Crippen molar-refractivity contribution in [2.24, 2.45) is 0 Å². The van der Waals surface area contributed by atoms with Gasteiger partial charge in [-0.2, -0.15) is 0 Å². The number of hydrogen-bond acceptors (Lipinski definition) is 6. The quantitative estimate of drug-likeness (QED) is 0.758. The van der Waals surface area contributed by atoms with Gasteiger partial charge < -0.3 is 14.4 Å². The highest BCUT2D eigenvalue weighted by atomic mass is 32.1. The predicted molar refractivity (Wildman–Crippen MR) is 105 cm³/mol. The molecule has 7 heteroatoms. The lowest BCUT2D eigenvalue weighted by Crippen LogP contribution is -2.47. The third-order valence-corrected chi connectivity index (χ3v) is 5.99. The van der Waals surface area contributed by atoms with Crippen LogP contribution in [0, 0.1) is 13.8 Å². The molecule has 1 amide bonds. The third kappa shape index (κ3) is 4.14. The number of hydrogen-bond donors (Lipinski definition) is 0. The molecule has 0 bridgehead atoms. The number of nitrogens with zero attached hydrogens (tertiary/aromatic N) is 3. The molecular weight excluding hydrogens is 362 g/mol. The van der Waals surface area contributed by atoms with Gasteiger partial charge in [0.05, 0.1) is 12.2 Å². The summed E-state index contributed by atoms with van der Waals surface area (Å²) >= 11 is 1.77. The molecule has 0 saturated carbocycles. The zero-order chi connectivity index (χ0) is 18.8. The number of benzene rings is 1. The van der Waals surface area contributed by atoms with Gasteiger partial charge >= 0.3 is 0 Å². The number of carbonyl (C=O) groups excluding carboxylic acids is 1. The van der Waals surface area contributed by atoms with Crippen molar-refractivity contribution in [3.63, 3.8) is 0 Å². The molecule has 1 fully saturated rings.